The highest BCUT2D eigenvalue weighted by Gasteiger charge is 2.26. The summed E-state index contributed by atoms with van der Waals surface area (Å²) in [6, 6.07) is 12.6. The maximum atomic E-state index is 15.2. The zero-order chi connectivity index (χ0) is 19.0. The first kappa shape index (κ1) is 18.1. The number of halogens is 3. The smallest absolute Gasteiger partial charge is 0.162 e. The standard InChI is InChI=1S/C24H23F3/c1-2-3-4-15-5-9-19-16(13-15)6-10-20(23(19)26)17-7-11-21-18(14-17)8-12-22(25)24(21)27/h5-6,8-10,12-13,17H,2-4,7,11,14H2,1H3. The van der Waals surface area contributed by atoms with E-state index in [1.165, 1.54) is 11.6 Å². The predicted octanol–water partition coefficient (Wildman–Crippen LogP) is 6.87. The van der Waals surface area contributed by atoms with Gasteiger partial charge in [0.25, 0.3) is 0 Å². The highest BCUT2D eigenvalue weighted by Crippen LogP contribution is 2.37. The first-order chi connectivity index (χ1) is 13.1. The lowest BCUT2D eigenvalue weighted by molar-refractivity contribution is 0.473. The Balaban J connectivity index is 1.66. The SMILES string of the molecule is CCCCc1ccc2c(F)c(C3CCc4c(ccc(F)c4F)C3)ccc2c1. The molecule has 3 aromatic rings. The molecule has 1 atom stereocenters. The van der Waals surface area contributed by atoms with Crippen LogP contribution in [0.2, 0.25) is 0 Å². The molecule has 0 saturated carbocycles. The van der Waals surface area contributed by atoms with Crippen LogP contribution in [0.4, 0.5) is 13.2 Å². The Morgan fingerprint density at radius 1 is 0.963 bits per heavy atom. The van der Waals surface area contributed by atoms with Gasteiger partial charge in [0.15, 0.2) is 11.6 Å². The second-order valence-electron chi connectivity index (χ2n) is 7.57. The van der Waals surface area contributed by atoms with Gasteiger partial charge in [0.1, 0.15) is 5.82 Å². The van der Waals surface area contributed by atoms with Crippen molar-refractivity contribution in [3.05, 3.63) is 82.2 Å². The number of hydrogen-bond acceptors (Lipinski definition) is 0. The molecule has 1 aliphatic carbocycles. The number of fused-ring (bicyclic) bond motifs is 2. The number of rotatable bonds is 4. The summed E-state index contributed by atoms with van der Waals surface area (Å²) >= 11 is 0. The summed E-state index contributed by atoms with van der Waals surface area (Å²) in [4.78, 5) is 0. The molecule has 0 amide bonds. The van der Waals surface area contributed by atoms with Gasteiger partial charge >= 0.3 is 0 Å². The van der Waals surface area contributed by atoms with E-state index in [1.807, 2.05) is 24.3 Å². The lowest BCUT2D eigenvalue weighted by atomic mass is 9.79. The monoisotopic (exact) mass is 368 g/mol. The highest BCUT2D eigenvalue weighted by molar-refractivity contribution is 5.84. The molecule has 3 aromatic carbocycles. The third kappa shape index (κ3) is 3.36. The third-order valence-electron chi connectivity index (χ3n) is 5.81. The molecule has 0 nitrogen and oxygen atoms in total. The molecule has 0 aromatic heterocycles. The Morgan fingerprint density at radius 2 is 1.81 bits per heavy atom. The molecule has 0 aliphatic heterocycles. The van der Waals surface area contributed by atoms with E-state index >= 15 is 4.39 Å². The van der Waals surface area contributed by atoms with Crippen LogP contribution in [0.1, 0.15) is 54.4 Å². The summed E-state index contributed by atoms with van der Waals surface area (Å²) in [5, 5.41) is 1.57. The van der Waals surface area contributed by atoms with Crippen LogP contribution in [0, 0.1) is 17.5 Å². The zero-order valence-electron chi connectivity index (χ0n) is 15.5. The van der Waals surface area contributed by atoms with Gasteiger partial charge in [-0.1, -0.05) is 49.7 Å². The van der Waals surface area contributed by atoms with E-state index in [0.29, 0.717) is 35.8 Å². The fourth-order valence-corrected chi connectivity index (χ4v) is 4.26. The number of aryl methyl sites for hydroxylation is 1. The van der Waals surface area contributed by atoms with E-state index in [0.717, 1.165) is 30.2 Å². The second kappa shape index (κ2) is 7.38. The lowest BCUT2D eigenvalue weighted by Gasteiger charge is -2.26. The van der Waals surface area contributed by atoms with Gasteiger partial charge in [-0.15, -0.1) is 0 Å². The van der Waals surface area contributed by atoms with Crippen LogP contribution in [0.15, 0.2) is 42.5 Å². The van der Waals surface area contributed by atoms with Crippen molar-refractivity contribution in [1.82, 2.24) is 0 Å². The Bertz CT molecular complexity index is 991. The molecule has 0 bridgehead atoms. The van der Waals surface area contributed by atoms with Crippen LogP contribution in [0.5, 0.6) is 0 Å². The summed E-state index contributed by atoms with van der Waals surface area (Å²) in [7, 11) is 0. The van der Waals surface area contributed by atoms with Crippen molar-refractivity contribution in [1.29, 1.82) is 0 Å². The quantitative estimate of drug-likeness (QED) is 0.471. The summed E-state index contributed by atoms with van der Waals surface area (Å²) in [6.07, 6.45) is 4.89. The normalized spacial score (nSPS) is 16.5. The first-order valence-electron chi connectivity index (χ1n) is 9.75. The highest BCUT2D eigenvalue weighted by atomic mass is 19.2. The van der Waals surface area contributed by atoms with Crippen molar-refractivity contribution < 1.29 is 13.2 Å². The number of hydrogen-bond donors (Lipinski definition) is 0. The molecular weight excluding hydrogens is 345 g/mol. The maximum Gasteiger partial charge on any atom is 0.162 e. The van der Waals surface area contributed by atoms with Crippen LogP contribution >= 0.6 is 0 Å². The minimum Gasteiger partial charge on any atom is -0.206 e. The summed E-state index contributed by atoms with van der Waals surface area (Å²) in [6.45, 7) is 2.16. The predicted molar refractivity (Wildman–Crippen MR) is 104 cm³/mol. The summed E-state index contributed by atoms with van der Waals surface area (Å²) < 4.78 is 42.6. The van der Waals surface area contributed by atoms with Gasteiger partial charge < -0.3 is 0 Å². The van der Waals surface area contributed by atoms with Crippen molar-refractivity contribution in [2.45, 2.75) is 51.4 Å². The molecule has 0 spiro atoms. The average Bonchev–Trinajstić information content (AvgIpc) is 2.69. The molecule has 0 N–H and O–H groups in total. The third-order valence-corrected chi connectivity index (χ3v) is 5.81. The van der Waals surface area contributed by atoms with Crippen molar-refractivity contribution >= 4 is 10.8 Å². The fraction of sp³-hybridized carbons (Fsp3) is 0.333. The zero-order valence-corrected chi connectivity index (χ0v) is 15.5. The molecule has 1 aliphatic rings. The van der Waals surface area contributed by atoms with Crippen LogP contribution in [0.3, 0.4) is 0 Å². The van der Waals surface area contributed by atoms with Gasteiger partial charge in [-0.25, -0.2) is 13.2 Å². The van der Waals surface area contributed by atoms with E-state index in [9.17, 15) is 8.78 Å². The van der Waals surface area contributed by atoms with Crippen LogP contribution in [-0.4, -0.2) is 0 Å². The van der Waals surface area contributed by atoms with Gasteiger partial charge in [-0.3, -0.25) is 0 Å². The lowest BCUT2D eigenvalue weighted by Crippen LogP contribution is -2.16. The molecule has 1 unspecified atom stereocenters. The summed E-state index contributed by atoms with van der Waals surface area (Å²) in [5.74, 6) is -1.73. The van der Waals surface area contributed by atoms with E-state index in [4.69, 9.17) is 0 Å². The van der Waals surface area contributed by atoms with Gasteiger partial charge in [0.2, 0.25) is 0 Å². The Labute approximate surface area is 158 Å². The van der Waals surface area contributed by atoms with Crippen molar-refractivity contribution in [2.75, 3.05) is 0 Å². The largest absolute Gasteiger partial charge is 0.206 e. The fourth-order valence-electron chi connectivity index (χ4n) is 4.26. The van der Waals surface area contributed by atoms with E-state index in [2.05, 4.69) is 13.0 Å². The number of unbranched alkanes of at least 4 members (excludes halogenated alkanes) is 1. The van der Waals surface area contributed by atoms with Crippen molar-refractivity contribution in [2.24, 2.45) is 0 Å². The van der Waals surface area contributed by atoms with Crippen molar-refractivity contribution in [3.63, 3.8) is 0 Å². The molecule has 3 heteroatoms. The van der Waals surface area contributed by atoms with Crippen molar-refractivity contribution in [3.8, 4) is 0 Å². The number of benzene rings is 3. The average molecular weight is 368 g/mol. The van der Waals surface area contributed by atoms with Crippen LogP contribution in [-0.2, 0) is 19.3 Å². The molecule has 140 valence electrons. The molecule has 27 heavy (non-hydrogen) atoms. The topological polar surface area (TPSA) is 0 Å². The van der Waals surface area contributed by atoms with Gasteiger partial charge in [-0.05, 0) is 71.7 Å². The second-order valence-corrected chi connectivity index (χ2v) is 7.57. The maximum absolute atomic E-state index is 15.2. The van der Waals surface area contributed by atoms with Gasteiger partial charge in [0, 0.05) is 5.39 Å². The Hall–Kier alpha value is -2.29. The van der Waals surface area contributed by atoms with Gasteiger partial charge in [0.05, 0.1) is 0 Å². The molecule has 4 rings (SSSR count). The van der Waals surface area contributed by atoms with E-state index < -0.39 is 11.6 Å². The molecule has 0 saturated heterocycles. The minimum absolute atomic E-state index is 0.00784. The van der Waals surface area contributed by atoms with Crippen LogP contribution in [0.25, 0.3) is 10.8 Å². The molecule has 0 fully saturated rings. The minimum atomic E-state index is -0.803. The Morgan fingerprint density at radius 3 is 2.63 bits per heavy atom. The molecule has 0 heterocycles. The van der Waals surface area contributed by atoms with E-state index in [-0.39, 0.29) is 11.7 Å². The first-order valence-corrected chi connectivity index (χ1v) is 9.75. The van der Waals surface area contributed by atoms with Crippen LogP contribution < -0.4 is 0 Å². The summed E-state index contributed by atoms with van der Waals surface area (Å²) in [5.41, 5.74) is 3.16. The van der Waals surface area contributed by atoms with E-state index in [1.54, 1.807) is 6.07 Å². The molecular formula is C24H23F3. The molecule has 0 radical (unpaired) electrons. The Kier molecular flexibility index (Phi) is 4.94. The van der Waals surface area contributed by atoms with Gasteiger partial charge in [-0.2, -0.15) is 0 Å².